The van der Waals surface area contributed by atoms with E-state index < -0.39 is 5.97 Å². The zero-order chi connectivity index (χ0) is 76.6. The molecule has 0 saturated heterocycles. The summed E-state index contributed by atoms with van der Waals surface area (Å²) in [4.78, 5) is 84.3. The van der Waals surface area contributed by atoms with Gasteiger partial charge >= 0.3 is 23.9 Å². The minimum absolute atomic E-state index is 0.0173. The summed E-state index contributed by atoms with van der Waals surface area (Å²) in [6, 6.07) is 0. The Labute approximate surface area is 648 Å². The molecule has 2 amide bonds. The van der Waals surface area contributed by atoms with Crippen molar-refractivity contribution >= 4 is 41.5 Å². The molecule has 0 spiro atoms. The van der Waals surface area contributed by atoms with Crippen molar-refractivity contribution < 1.29 is 52.5 Å². The molecule has 0 aliphatic carbocycles. The average molecular weight is 1480 g/mol. The molecule has 13 nitrogen and oxygen atoms in total. The molecule has 4 atom stereocenters. The van der Waals surface area contributed by atoms with Crippen LogP contribution < -0.4 is 10.6 Å². The molecule has 0 bridgehead atoms. The van der Waals surface area contributed by atoms with Crippen LogP contribution in [0.15, 0.2) is 12.7 Å². The molecule has 0 heterocycles. The van der Waals surface area contributed by atoms with Crippen molar-refractivity contribution in [2.24, 2.45) is 23.7 Å². The van der Waals surface area contributed by atoms with E-state index in [-0.39, 0.29) is 55.1 Å². The van der Waals surface area contributed by atoms with Gasteiger partial charge in [0, 0.05) is 57.7 Å². The number of nitrogens with one attached hydrogen (secondary N) is 2. The van der Waals surface area contributed by atoms with E-state index in [0.29, 0.717) is 64.8 Å². The maximum absolute atomic E-state index is 12.8. The first kappa shape index (κ1) is 101. The molecule has 13 heteroatoms. The Morgan fingerprint density at radius 2 is 0.467 bits per heavy atom. The average Bonchev–Trinajstić information content (AvgIpc) is 0.997. The molecule has 0 radical (unpaired) electrons. The largest absolute Gasteiger partial charge is 0.466 e. The van der Waals surface area contributed by atoms with Crippen molar-refractivity contribution in [3.05, 3.63) is 12.7 Å². The molecule has 0 aromatic heterocycles. The van der Waals surface area contributed by atoms with Gasteiger partial charge in [0.05, 0.1) is 13.2 Å². The monoisotopic (exact) mass is 1480 g/mol. The summed E-state index contributed by atoms with van der Waals surface area (Å²) in [6.07, 6.45) is 80.9. The van der Waals surface area contributed by atoms with Crippen molar-refractivity contribution in [2.45, 2.75) is 471 Å². The molecule has 0 aromatic rings. The van der Waals surface area contributed by atoms with E-state index in [1.54, 1.807) is 6.92 Å². The van der Waals surface area contributed by atoms with E-state index in [4.69, 9.17) is 18.9 Å². The zero-order valence-corrected chi connectivity index (χ0v) is 69.9. The molecule has 0 saturated carbocycles. The number of amides is 2. The van der Waals surface area contributed by atoms with Gasteiger partial charge in [-0.2, -0.15) is 0 Å². The number of Topliss-reactive ketones (excluding diaryl/α,β-unsaturated/α-hetero) is 1. The van der Waals surface area contributed by atoms with Crippen LogP contribution in [-0.4, -0.2) is 81.0 Å². The number of carbonyl (C=O) groups is 7. The number of unbranched alkanes of at least 4 members (excludes halogenated alkanes) is 44. The van der Waals surface area contributed by atoms with Crippen molar-refractivity contribution in [3.8, 4) is 0 Å². The van der Waals surface area contributed by atoms with Crippen LogP contribution in [0.4, 0.5) is 0 Å². The van der Waals surface area contributed by atoms with Gasteiger partial charge in [0.1, 0.15) is 19.0 Å². The predicted octanol–water partition coefficient (Wildman–Crippen LogP) is 26.2. The predicted molar refractivity (Wildman–Crippen MR) is 441 cm³/mol. The first-order chi connectivity index (χ1) is 51.4. The van der Waals surface area contributed by atoms with Crippen molar-refractivity contribution in [1.82, 2.24) is 10.6 Å². The summed E-state index contributed by atoms with van der Waals surface area (Å²) in [5.74, 6) is 2.73. The molecule has 105 heavy (non-hydrogen) atoms. The minimum atomic E-state index is -0.539. The summed E-state index contributed by atoms with van der Waals surface area (Å²) in [7, 11) is 0. The molecule has 0 aliphatic rings. The first-order valence-corrected chi connectivity index (χ1v) is 45.7. The normalized spacial score (nSPS) is 12.5. The van der Waals surface area contributed by atoms with E-state index >= 15 is 0 Å². The Morgan fingerprint density at radius 3 is 0.724 bits per heavy atom. The number of hydrogen-bond donors (Lipinski definition) is 2. The third-order valence-electron chi connectivity index (χ3n) is 22.2. The Bertz CT molecular complexity index is 1980. The lowest BCUT2D eigenvalue weighted by molar-refractivity contribution is -0.149. The Balaban J connectivity index is 4.77. The molecular formula is C92H172N2O11. The first-order valence-electron chi connectivity index (χ1n) is 45.7. The summed E-state index contributed by atoms with van der Waals surface area (Å²) < 4.78 is 20.8. The van der Waals surface area contributed by atoms with Gasteiger partial charge in [0.2, 0.25) is 11.8 Å². The summed E-state index contributed by atoms with van der Waals surface area (Å²) in [5.41, 5.74) is 0. The van der Waals surface area contributed by atoms with Crippen LogP contribution in [0.2, 0.25) is 0 Å². The van der Waals surface area contributed by atoms with E-state index in [1.807, 2.05) is 0 Å². The number of esters is 4. The van der Waals surface area contributed by atoms with Gasteiger partial charge in [-0.1, -0.05) is 368 Å². The second-order valence-electron chi connectivity index (χ2n) is 32.0. The van der Waals surface area contributed by atoms with Crippen molar-refractivity contribution in [2.75, 3.05) is 39.5 Å². The lowest BCUT2D eigenvalue weighted by Gasteiger charge is -2.28. The SMILES string of the molecule is C=CC(=O)OCCOC(=O)CCCCCOC(=O)CCCCCCCCC(CCCCCCCC)C(CCCCCCCC)CCCCCCCCC(=O)NCCNC(=O)CCCCCCCCC(CCCCCCCC)C(CCCCCCCC)CCCCCCCCC(=O)OCCCCCC(C)=O. The third-order valence-corrected chi connectivity index (χ3v) is 22.2. The third kappa shape index (κ3) is 74.1. The van der Waals surface area contributed by atoms with Crippen LogP contribution in [0, 0.1) is 23.7 Å². The minimum Gasteiger partial charge on any atom is -0.466 e. The number of ketones is 1. The van der Waals surface area contributed by atoms with E-state index in [0.717, 1.165) is 113 Å². The number of hydrogen-bond acceptors (Lipinski definition) is 11. The molecule has 0 fully saturated rings. The van der Waals surface area contributed by atoms with Crippen LogP contribution in [0.5, 0.6) is 0 Å². The Hall–Kier alpha value is -3.77. The fraction of sp³-hybridized carbons (Fsp3) is 0.902. The van der Waals surface area contributed by atoms with Crippen LogP contribution in [0.1, 0.15) is 471 Å². The van der Waals surface area contributed by atoms with Gasteiger partial charge < -0.3 is 34.4 Å². The summed E-state index contributed by atoms with van der Waals surface area (Å²) in [5, 5.41) is 6.13. The number of carbonyl (C=O) groups excluding carboxylic acids is 7. The topological polar surface area (TPSA) is 180 Å². The van der Waals surface area contributed by atoms with Gasteiger partial charge in [-0.3, -0.25) is 24.0 Å². The standard InChI is InChI=1S/C92H172N2O11/c1-7-12-16-20-32-47-63-83(85(65-49-34-22-18-14-9-3)69-53-38-26-30-42-57-73-90(99)102-78-60-44-46-62-82(6)95)67-51-36-24-28-40-55-71-87(96)93-76-77-94-88(97)72-56-41-29-25-37-52-68-84(64-48-33-21-17-13-8-2)86(66-50-35-23-19-15-10-4)70-54-39-27-31-43-58-74-91(100)103-79-61-45-59-75-92(101)105-81-80-104-89(98)11-5/h11,83-86H,5,7-10,12-81H2,1-4,6H3,(H,93,96)(H,94,97). The van der Waals surface area contributed by atoms with E-state index in [2.05, 4.69) is 44.9 Å². The highest BCUT2D eigenvalue weighted by Gasteiger charge is 2.23. The van der Waals surface area contributed by atoms with Crippen molar-refractivity contribution in [1.29, 1.82) is 0 Å². The van der Waals surface area contributed by atoms with Crippen LogP contribution in [0.3, 0.4) is 0 Å². The quantitative estimate of drug-likeness (QED) is 0.0256. The molecule has 0 aliphatic heterocycles. The second-order valence-corrected chi connectivity index (χ2v) is 32.0. The highest BCUT2D eigenvalue weighted by molar-refractivity contribution is 5.81. The van der Waals surface area contributed by atoms with E-state index in [9.17, 15) is 33.6 Å². The second kappa shape index (κ2) is 81.2. The summed E-state index contributed by atoms with van der Waals surface area (Å²) in [6.45, 7) is 16.1. The molecule has 0 rings (SSSR count). The molecule has 4 unspecified atom stereocenters. The maximum Gasteiger partial charge on any atom is 0.330 e. The zero-order valence-electron chi connectivity index (χ0n) is 69.9. The molecule has 616 valence electrons. The highest BCUT2D eigenvalue weighted by Crippen LogP contribution is 2.36. The maximum atomic E-state index is 12.8. The number of rotatable bonds is 85. The van der Waals surface area contributed by atoms with Crippen LogP contribution in [-0.2, 0) is 52.5 Å². The fourth-order valence-corrected chi connectivity index (χ4v) is 15.5. The highest BCUT2D eigenvalue weighted by atomic mass is 16.6. The van der Waals surface area contributed by atoms with Gasteiger partial charge in [-0.05, 0) is 94.8 Å². The molecule has 0 aromatic carbocycles. The lowest BCUT2D eigenvalue weighted by atomic mass is 9.78. The van der Waals surface area contributed by atoms with Gasteiger partial charge in [0.25, 0.3) is 0 Å². The smallest absolute Gasteiger partial charge is 0.330 e. The van der Waals surface area contributed by atoms with Crippen molar-refractivity contribution in [3.63, 3.8) is 0 Å². The number of ether oxygens (including phenoxy) is 4. The lowest BCUT2D eigenvalue weighted by Crippen LogP contribution is -2.34. The molecule has 2 N–H and O–H groups in total. The van der Waals surface area contributed by atoms with Crippen LogP contribution in [0.25, 0.3) is 0 Å². The molecular weight excluding hydrogens is 1310 g/mol. The van der Waals surface area contributed by atoms with Gasteiger partial charge in [-0.15, -0.1) is 0 Å². The van der Waals surface area contributed by atoms with Gasteiger partial charge in [-0.25, -0.2) is 4.79 Å². The fourth-order valence-electron chi connectivity index (χ4n) is 15.5. The Morgan fingerprint density at radius 1 is 0.257 bits per heavy atom. The van der Waals surface area contributed by atoms with E-state index in [1.165, 1.54) is 308 Å². The Kier molecular flexibility index (Phi) is 78.3. The van der Waals surface area contributed by atoms with Crippen LogP contribution >= 0.6 is 0 Å². The summed E-state index contributed by atoms with van der Waals surface area (Å²) >= 11 is 0. The van der Waals surface area contributed by atoms with Gasteiger partial charge in [0.15, 0.2) is 0 Å².